The van der Waals surface area contributed by atoms with Crippen LogP contribution in [0.2, 0.25) is 0 Å². The molecule has 0 aliphatic carbocycles. The first-order valence-electron chi connectivity index (χ1n) is 7.23. The van der Waals surface area contributed by atoms with Crippen molar-refractivity contribution in [3.63, 3.8) is 0 Å². The Morgan fingerprint density at radius 3 is 2.68 bits per heavy atom. The number of aryl methyl sites for hydroxylation is 1. The molecule has 6 heteroatoms. The highest BCUT2D eigenvalue weighted by atomic mass is 16.4. The Balaban J connectivity index is 1.91. The van der Waals surface area contributed by atoms with Gasteiger partial charge < -0.3 is 10.0 Å². The minimum atomic E-state index is -0.953. The number of aromatic nitrogens is 2. The second-order valence-electron chi connectivity index (χ2n) is 5.44. The van der Waals surface area contributed by atoms with E-state index in [1.807, 2.05) is 37.3 Å². The maximum atomic E-state index is 12.6. The summed E-state index contributed by atoms with van der Waals surface area (Å²) in [5.74, 6) is -1.26. The van der Waals surface area contributed by atoms with E-state index in [1.54, 1.807) is 10.9 Å². The Kier molecular flexibility index (Phi) is 3.66. The number of carbonyl (C=O) groups excluding carboxylic acids is 1. The molecule has 1 amide bonds. The van der Waals surface area contributed by atoms with Gasteiger partial charge in [-0.25, -0.2) is 9.48 Å². The number of rotatable bonds is 3. The Bertz CT molecular complexity index is 709. The molecule has 1 aromatic heterocycles. The van der Waals surface area contributed by atoms with Crippen LogP contribution in [-0.4, -0.2) is 44.3 Å². The number of hydrogen-bond donors (Lipinski definition) is 1. The molecular formula is C16H17N3O3. The molecule has 0 saturated carbocycles. The van der Waals surface area contributed by atoms with Crippen LogP contribution in [0.15, 0.2) is 36.5 Å². The summed E-state index contributed by atoms with van der Waals surface area (Å²) in [6, 6.07) is 8.76. The number of carboxylic acid groups (broad SMARTS) is 1. The maximum Gasteiger partial charge on any atom is 0.326 e. The summed E-state index contributed by atoms with van der Waals surface area (Å²) in [6.45, 7) is 2.28. The molecule has 22 heavy (non-hydrogen) atoms. The zero-order valence-corrected chi connectivity index (χ0v) is 12.3. The standard InChI is InChI=1S/C16H17N3O3/c1-11-10-19(12-6-3-2-4-7-12)17-14(11)15(20)18-9-5-8-13(18)16(21)22/h2-4,6-7,10,13H,5,8-9H2,1H3,(H,21,22)/t13-/m0/s1. The van der Waals surface area contributed by atoms with Crippen molar-refractivity contribution in [3.8, 4) is 5.69 Å². The van der Waals surface area contributed by atoms with E-state index in [1.165, 1.54) is 4.90 Å². The van der Waals surface area contributed by atoms with Crippen molar-refractivity contribution in [2.75, 3.05) is 6.54 Å². The van der Waals surface area contributed by atoms with Crippen LogP contribution in [0.25, 0.3) is 5.69 Å². The molecule has 3 rings (SSSR count). The second-order valence-corrected chi connectivity index (χ2v) is 5.44. The van der Waals surface area contributed by atoms with Gasteiger partial charge in [0.1, 0.15) is 6.04 Å². The van der Waals surface area contributed by atoms with Crippen LogP contribution in [0.4, 0.5) is 0 Å². The van der Waals surface area contributed by atoms with Crippen LogP contribution >= 0.6 is 0 Å². The number of aliphatic carboxylic acids is 1. The van der Waals surface area contributed by atoms with Crippen molar-refractivity contribution in [2.45, 2.75) is 25.8 Å². The number of likely N-dealkylation sites (tertiary alicyclic amines) is 1. The van der Waals surface area contributed by atoms with Crippen molar-refractivity contribution in [3.05, 3.63) is 47.8 Å². The predicted octanol–water partition coefficient (Wildman–Crippen LogP) is 1.87. The van der Waals surface area contributed by atoms with Crippen LogP contribution in [-0.2, 0) is 4.79 Å². The van der Waals surface area contributed by atoms with Crippen LogP contribution < -0.4 is 0 Å². The fourth-order valence-electron chi connectivity index (χ4n) is 2.79. The van der Waals surface area contributed by atoms with Gasteiger partial charge in [0.05, 0.1) is 5.69 Å². The molecule has 1 fully saturated rings. The lowest BCUT2D eigenvalue weighted by molar-refractivity contribution is -0.141. The number of benzene rings is 1. The first-order valence-corrected chi connectivity index (χ1v) is 7.23. The molecule has 2 aromatic rings. The lowest BCUT2D eigenvalue weighted by Crippen LogP contribution is -2.40. The van der Waals surface area contributed by atoms with Gasteiger partial charge in [0, 0.05) is 18.3 Å². The summed E-state index contributed by atoms with van der Waals surface area (Å²) in [5, 5.41) is 13.6. The van der Waals surface area contributed by atoms with Crippen molar-refractivity contribution in [1.82, 2.24) is 14.7 Å². The third-order valence-electron chi connectivity index (χ3n) is 3.92. The summed E-state index contributed by atoms with van der Waals surface area (Å²) in [5.41, 5.74) is 1.92. The van der Waals surface area contributed by atoms with Crippen LogP contribution in [0.1, 0.15) is 28.9 Å². The minimum Gasteiger partial charge on any atom is -0.480 e. The van der Waals surface area contributed by atoms with Crippen molar-refractivity contribution < 1.29 is 14.7 Å². The van der Waals surface area contributed by atoms with Gasteiger partial charge in [0.15, 0.2) is 5.69 Å². The molecule has 1 N–H and O–H groups in total. The Morgan fingerprint density at radius 1 is 1.27 bits per heavy atom. The van der Waals surface area contributed by atoms with E-state index in [9.17, 15) is 14.7 Å². The Hall–Kier alpha value is -2.63. The topological polar surface area (TPSA) is 75.4 Å². The van der Waals surface area contributed by atoms with Gasteiger partial charge in [-0.3, -0.25) is 4.79 Å². The number of carboxylic acids is 1. The van der Waals surface area contributed by atoms with E-state index in [0.29, 0.717) is 25.1 Å². The normalized spacial score (nSPS) is 17.7. The van der Waals surface area contributed by atoms with E-state index in [0.717, 1.165) is 11.3 Å². The molecule has 0 bridgehead atoms. The molecule has 1 aliphatic heterocycles. The van der Waals surface area contributed by atoms with Gasteiger partial charge in [-0.05, 0) is 31.9 Å². The molecule has 6 nitrogen and oxygen atoms in total. The summed E-state index contributed by atoms with van der Waals surface area (Å²) in [7, 11) is 0. The lowest BCUT2D eigenvalue weighted by atomic mass is 10.2. The largest absolute Gasteiger partial charge is 0.480 e. The zero-order valence-electron chi connectivity index (χ0n) is 12.3. The highest BCUT2D eigenvalue weighted by molar-refractivity contribution is 5.96. The predicted molar refractivity (Wildman–Crippen MR) is 80.0 cm³/mol. The van der Waals surface area contributed by atoms with Gasteiger partial charge in [-0.15, -0.1) is 0 Å². The van der Waals surface area contributed by atoms with E-state index < -0.39 is 12.0 Å². The lowest BCUT2D eigenvalue weighted by Gasteiger charge is -2.20. The molecule has 0 unspecified atom stereocenters. The molecule has 1 aliphatic rings. The van der Waals surface area contributed by atoms with E-state index >= 15 is 0 Å². The van der Waals surface area contributed by atoms with Gasteiger partial charge in [0.2, 0.25) is 0 Å². The quantitative estimate of drug-likeness (QED) is 0.938. The van der Waals surface area contributed by atoms with E-state index in [-0.39, 0.29) is 5.91 Å². The average molecular weight is 299 g/mol. The van der Waals surface area contributed by atoms with Crippen molar-refractivity contribution in [1.29, 1.82) is 0 Å². The number of carbonyl (C=O) groups is 2. The SMILES string of the molecule is Cc1cn(-c2ccccc2)nc1C(=O)N1CCC[C@H]1C(=O)O. The number of hydrogen-bond acceptors (Lipinski definition) is 3. The summed E-state index contributed by atoms with van der Waals surface area (Å²) < 4.78 is 1.65. The summed E-state index contributed by atoms with van der Waals surface area (Å²) in [6.07, 6.45) is 3.00. The van der Waals surface area contributed by atoms with E-state index in [2.05, 4.69) is 5.10 Å². The third-order valence-corrected chi connectivity index (χ3v) is 3.92. The Morgan fingerprint density at radius 2 is 2.00 bits per heavy atom. The second kappa shape index (κ2) is 5.63. The zero-order chi connectivity index (χ0) is 15.7. The molecule has 1 aromatic carbocycles. The van der Waals surface area contributed by atoms with Crippen molar-refractivity contribution in [2.24, 2.45) is 0 Å². The minimum absolute atomic E-state index is 0.308. The molecule has 0 radical (unpaired) electrons. The monoisotopic (exact) mass is 299 g/mol. The van der Waals surface area contributed by atoms with Crippen LogP contribution in [0.5, 0.6) is 0 Å². The van der Waals surface area contributed by atoms with Crippen LogP contribution in [0.3, 0.4) is 0 Å². The fourth-order valence-corrected chi connectivity index (χ4v) is 2.79. The highest BCUT2D eigenvalue weighted by Crippen LogP contribution is 2.21. The van der Waals surface area contributed by atoms with Gasteiger partial charge >= 0.3 is 5.97 Å². The van der Waals surface area contributed by atoms with Gasteiger partial charge in [-0.2, -0.15) is 5.10 Å². The molecule has 114 valence electrons. The average Bonchev–Trinajstić information content (AvgIpc) is 3.14. The van der Waals surface area contributed by atoms with Crippen molar-refractivity contribution >= 4 is 11.9 Å². The smallest absolute Gasteiger partial charge is 0.326 e. The first kappa shape index (κ1) is 14.3. The third kappa shape index (κ3) is 2.47. The molecule has 1 saturated heterocycles. The number of para-hydroxylation sites is 1. The first-order chi connectivity index (χ1) is 10.6. The number of nitrogens with zero attached hydrogens (tertiary/aromatic N) is 3. The fraction of sp³-hybridized carbons (Fsp3) is 0.312. The maximum absolute atomic E-state index is 12.6. The van der Waals surface area contributed by atoms with Crippen LogP contribution in [0, 0.1) is 6.92 Å². The van der Waals surface area contributed by atoms with E-state index in [4.69, 9.17) is 0 Å². The Labute approximate surface area is 128 Å². The van der Waals surface area contributed by atoms with Gasteiger partial charge in [-0.1, -0.05) is 18.2 Å². The summed E-state index contributed by atoms with van der Waals surface area (Å²) >= 11 is 0. The molecule has 2 heterocycles. The molecule has 0 spiro atoms. The van der Waals surface area contributed by atoms with Gasteiger partial charge in [0.25, 0.3) is 5.91 Å². The number of amides is 1. The highest BCUT2D eigenvalue weighted by Gasteiger charge is 2.35. The summed E-state index contributed by atoms with van der Waals surface area (Å²) in [4.78, 5) is 25.3. The molecule has 1 atom stereocenters. The molecular weight excluding hydrogens is 282 g/mol.